The number of ether oxygens (including phenoxy) is 2. The summed E-state index contributed by atoms with van der Waals surface area (Å²) in [5, 5.41) is 20.3. The van der Waals surface area contributed by atoms with E-state index in [1.165, 1.54) is 24.3 Å². The fourth-order valence-electron chi connectivity index (χ4n) is 4.20. The van der Waals surface area contributed by atoms with E-state index in [4.69, 9.17) is 14.7 Å². The fourth-order valence-corrected chi connectivity index (χ4v) is 4.20. The first-order valence-electron chi connectivity index (χ1n) is 11.4. The van der Waals surface area contributed by atoms with Gasteiger partial charge in [0.1, 0.15) is 12.6 Å². The molecule has 0 bridgehead atoms. The second kappa shape index (κ2) is 11.2. The predicted octanol–water partition coefficient (Wildman–Crippen LogP) is 3.67. The fraction of sp³-hybridized carbons (Fsp3) is 0.179. The second-order valence-corrected chi connectivity index (χ2v) is 8.35. The minimum atomic E-state index is -1.46. The molecule has 2 N–H and O–H groups in total. The summed E-state index contributed by atoms with van der Waals surface area (Å²) in [6, 6.07) is 21.6. The Morgan fingerprint density at radius 1 is 0.892 bits per heavy atom. The maximum atomic E-state index is 12.6. The summed E-state index contributed by atoms with van der Waals surface area (Å²) in [5.74, 6) is -3.16. The van der Waals surface area contributed by atoms with Crippen LogP contribution in [-0.2, 0) is 19.1 Å². The molecule has 1 amide bonds. The summed E-state index contributed by atoms with van der Waals surface area (Å²) >= 11 is 0. The Morgan fingerprint density at radius 2 is 1.49 bits per heavy atom. The van der Waals surface area contributed by atoms with Crippen LogP contribution in [0.2, 0.25) is 0 Å². The Morgan fingerprint density at radius 3 is 2.05 bits per heavy atom. The average Bonchev–Trinajstić information content (AvgIpc) is 3.23. The third kappa shape index (κ3) is 5.82. The highest BCUT2D eigenvalue weighted by Gasteiger charge is 2.30. The molecule has 1 atom stereocenters. The standard InChI is InChI=1S/C28H22N2O7/c29-14-17-9-11-18(12-10-17)27(34)36-16-25(31)24(13-26(32)33)30-28(35)37-15-23-21-7-3-1-5-19(21)20-6-2-4-8-22(20)23/h1-12,23-24H,13,15-16H2,(H,30,35)(H,32,33)/t24-/m0/s1. The van der Waals surface area contributed by atoms with Gasteiger partial charge in [0.15, 0.2) is 12.4 Å². The third-order valence-electron chi connectivity index (χ3n) is 6.00. The van der Waals surface area contributed by atoms with Crippen LogP contribution >= 0.6 is 0 Å². The molecule has 0 aliphatic heterocycles. The molecule has 0 aromatic heterocycles. The first-order chi connectivity index (χ1) is 17.9. The number of aliphatic carboxylic acids is 1. The molecule has 37 heavy (non-hydrogen) atoms. The number of carboxylic acid groups (broad SMARTS) is 1. The number of carbonyl (C=O) groups excluding carboxylic acids is 3. The molecule has 0 fully saturated rings. The van der Waals surface area contributed by atoms with E-state index in [1.807, 2.05) is 54.6 Å². The normalized spacial score (nSPS) is 12.4. The lowest BCUT2D eigenvalue weighted by molar-refractivity contribution is -0.139. The number of hydrogen-bond acceptors (Lipinski definition) is 7. The van der Waals surface area contributed by atoms with E-state index >= 15 is 0 Å². The van der Waals surface area contributed by atoms with Gasteiger partial charge in [-0.15, -0.1) is 0 Å². The molecule has 1 aliphatic carbocycles. The molecule has 0 radical (unpaired) electrons. The highest BCUT2D eigenvalue weighted by molar-refractivity contribution is 5.95. The number of amides is 1. The number of fused-ring (bicyclic) bond motifs is 3. The van der Waals surface area contributed by atoms with Crippen molar-refractivity contribution in [3.8, 4) is 17.2 Å². The molecule has 3 aromatic rings. The molecule has 0 saturated heterocycles. The van der Waals surface area contributed by atoms with Crippen LogP contribution in [0.4, 0.5) is 4.79 Å². The molecule has 186 valence electrons. The van der Waals surface area contributed by atoms with E-state index in [2.05, 4.69) is 5.32 Å². The lowest BCUT2D eigenvalue weighted by Gasteiger charge is -2.18. The number of nitriles is 1. The van der Waals surface area contributed by atoms with Gasteiger partial charge in [-0.25, -0.2) is 9.59 Å². The molecule has 0 spiro atoms. The summed E-state index contributed by atoms with van der Waals surface area (Å²) in [5.41, 5.74) is 4.58. The third-order valence-corrected chi connectivity index (χ3v) is 6.00. The van der Waals surface area contributed by atoms with Gasteiger partial charge in [-0.2, -0.15) is 5.26 Å². The van der Waals surface area contributed by atoms with Crippen molar-refractivity contribution in [2.45, 2.75) is 18.4 Å². The maximum absolute atomic E-state index is 12.6. The van der Waals surface area contributed by atoms with Gasteiger partial charge in [0.25, 0.3) is 0 Å². The molecular weight excluding hydrogens is 476 g/mol. The van der Waals surface area contributed by atoms with Crippen molar-refractivity contribution in [1.82, 2.24) is 5.32 Å². The smallest absolute Gasteiger partial charge is 0.407 e. The summed E-state index contributed by atoms with van der Waals surface area (Å²) < 4.78 is 10.4. The Hall–Kier alpha value is -4.97. The maximum Gasteiger partial charge on any atom is 0.407 e. The van der Waals surface area contributed by atoms with E-state index in [-0.39, 0.29) is 18.1 Å². The topological polar surface area (TPSA) is 143 Å². The zero-order chi connectivity index (χ0) is 26.4. The van der Waals surface area contributed by atoms with Crippen LogP contribution in [0.1, 0.15) is 39.4 Å². The molecular formula is C28H22N2O7. The zero-order valence-corrected chi connectivity index (χ0v) is 19.5. The van der Waals surface area contributed by atoms with Crippen LogP contribution in [0.15, 0.2) is 72.8 Å². The highest BCUT2D eigenvalue weighted by Crippen LogP contribution is 2.44. The molecule has 9 nitrogen and oxygen atoms in total. The summed E-state index contributed by atoms with van der Waals surface area (Å²) in [6.45, 7) is -0.762. The number of hydrogen-bond donors (Lipinski definition) is 2. The van der Waals surface area contributed by atoms with Gasteiger partial charge in [0.05, 0.1) is 23.6 Å². The Bertz CT molecular complexity index is 1350. The number of alkyl carbamates (subject to hydrolysis) is 1. The van der Waals surface area contributed by atoms with Crippen LogP contribution in [0.5, 0.6) is 0 Å². The zero-order valence-electron chi connectivity index (χ0n) is 19.5. The van der Waals surface area contributed by atoms with Gasteiger partial charge in [-0.1, -0.05) is 48.5 Å². The van der Waals surface area contributed by atoms with Gasteiger partial charge in [0, 0.05) is 5.92 Å². The largest absolute Gasteiger partial charge is 0.481 e. The van der Waals surface area contributed by atoms with Crippen LogP contribution in [-0.4, -0.2) is 48.2 Å². The Labute approximate surface area is 212 Å². The van der Waals surface area contributed by atoms with E-state index < -0.39 is 42.9 Å². The summed E-state index contributed by atoms with van der Waals surface area (Å²) in [6.07, 6.45) is -1.67. The number of carboxylic acids is 1. The van der Waals surface area contributed by atoms with E-state index in [0.29, 0.717) is 5.56 Å². The van der Waals surface area contributed by atoms with Crippen molar-refractivity contribution >= 4 is 23.8 Å². The second-order valence-electron chi connectivity index (χ2n) is 8.35. The summed E-state index contributed by atoms with van der Waals surface area (Å²) in [7, 11) is 0. The van der Waals surface area contributed by atoms with Gasteiger partial charge in [0.2, 0.25) is 0 Å². The molecule has 9 heteroatoms. The van der Waals surface area contributed by atoms with Crippen molar-refractivity contribution < 1.29 is 33.8 Å². The molecule has 1 aliphatic rings. The highest BCUT2D eigenvalue weighted by atomic mass is 16.6. The molecule has 0 saturated carbocycles. The van der Waals surface area contributed by atoms with Gasteiger partial charge in [-0.05, 0) is 46.5 Å². The van der Waals surface area contributed by atoms with Crippen molar-refractivity contribution in [1.29, 1.82) is 5.26 Å². The van der Waals surface area contributed by atoms with E-state index in [9.17, 15) is 24.3 Å². The van der Waals surface area contributed by atoms with Crippen LogP contribution < -0.4 is 5.32 Å². The SMILES string of the molecule is N#Cc1ccc(C(=O)OCC(=O)[C@H](CC(=O)O)NC(=O)OCC2c3ccccc3-c3ccccc32)cc1. The van der Waals surface area contributed by atoms with Gasteiger partial charge < -0.3 is 19.9 Å². The quantitative estimate of drug-likeness (QED) is 0.426. The average molecular weight is 498 g/mol. The molecule has 0 unspecified atom stereocenters. The molecule has 3 aromatic carbocycles. The summed E-state index contributed by atoms with van der Waals surface area (Å²) in [4.78, 5) is 48.6. The number of nitrogens with zero attached hydrogens (tertiary/aromatic N) is 1. The number of ketones is 1. The predicted molar refractivity (Wildman–Crippen MR) is 131 cm³/mol. The van der Waals surface area contributed by atoms with Gasteiger partial charge in [-0.3, -0.25) is 9.59 Å². The van der Waals surface area contributed by atoms with Gasteiger partial charge >= 0.3 is 18.0 Å². The van der Waals surface area contributed by atoms with E-state index in [0.717, 1.165) is 22.3 Å². The number of carbonyl (C=O) groups is 4. The Balaban J connectivity index is 1.36. The lowest BCUT2D eigenvalue weighted by Crippen LogP contribution is -2.44. The molecule has 4 rings (SSSR count). The first-order valence-corrected chi connectivity index (χ1v) is 11.4. The van der Waals surface area contributed by atoms with Crippen molar-refractivity contribution in [3.05, 3.63) is 95.1 Å². The minimum absolute atomic E-state index is 0.0124. The van der Waals surface area contributed by atoms with Crippen LogP contribution in [0.3, 0.4) is 0 Å². The van der Waals surface area contributed by atoms with Crippen LogP contribution in [0.25, 0.3) is 11.1 Å². The Kier molecular flexibility index (Phi) is 7.59. The van der Waals surface area contributed by atoms with Crippen molar-refractivity contribution in [3.63, 3.8) is 0 Å². The number of Topliss-reactive ketones (excluding diaryl/α,β-unsaturated/α-hetero) is 1. The van der Waals surface area contributed by atoms with Crippen molar-refractivity contribution in [2.75, 3.05) is 13.2 Å². The van der Waals surface area contributed by atoms with Crippen molar-refractivity contribution in [2.24, 2.45) is 0 Å². The first kappa shape index (κ1) is 25.1. The minimum Gasteiger partial charge on any atom is -0.481 e. The lowest BCUT2D eigenvalue weighted by atomic mass is 9.98. The number of nitrogens with one attached hydrogen (secondary N) is 1. The van der Waals surface area contributed by atoms with E-state index in [1.54, 1.807) is 0 Å². The number of rotatable bonds is 9. The monoisotopic (exact) mass is 498 g/mol. The van der Waals surface area contributed by atoms with Crippen LogP contribution in [0, 0.1) is 11.3 Å². The number of benzene rings is 3. The molecule has 0 heterocycles. The number of esters is 1.